The first kappa shape index (κ1) is 20.2. The second-order valence-electron chi connectivity index (χ2n) is 5.05. The molecule has 0 spiro atoms. The van der Waals surface area contributed by atoms with Gasteiger partial charge in [-0.15, -0.1) is 0 Å². The predicted octanol–water partition coefficient (Wildman–Crippen LogP) is 5.68. The monoisotopic (exact) mass is 409 g/mol. The van der Waals surface area contributed by atoms with Crippen molar-refractivity contribution in [3.63, 3.8) is 0 Å². The van der Waals surface area contributed by atoms with Gasteiger partial charge < -0.3 is 9.26 Å². The number of alkyl halides is 3. The van der Waals surface area contributed by atoms with Gasteiger partial charge in [0.1, 0.15) is 11.5 Å². The maximum absolute atomic E-state index is 12.7. The Morgan fingerprint density at radius 1 is 1.23 bits per heavy atom. The average Bonchev–Trinajstić information content (AvgIpc) is 2.55. The molecule has 6 nitrogen and oxygen atoms in total. The van der Waals surface area contributed by atoms with Crippen molar-refractivity contribution in [3.05, 3.63) is 62.7 Å². The molecule has 0 N–H and O–H groups in total. The molecule has 0 fully saturated rings. The number of rotatable bonds is 6. The molecular formula is C15H12ClF3NO5P. The maximum Gasteiger partial charge on any atom is 0.416 e. The molecular weight excluding hydrogens is 398 g/mol. The summed E-state index contributed by atoms with van der Waals surface area (Å²) in [6.07, 6.45) is -4.73. The molecule has 0 aliphatic heterocycles. The highest BCUT2D eigenvalue weighted by Crippen LogP contribution is 2.38. The van der Waals surface area contributed by atoms with E-state index in [1.165, 1.54) is 19.2 Å². The number of nitrogens with zero attached hydrogens (tertiary/aromatic N) is 1. The zero-order valence-electron chi connectivity index (χ0n) is 13.2. The number of benzene rings is 2. The molecule has 2 rings (SSSR count). The topological polar surface area (TPSA) is 78.7 Å². The zero-order valence-corrected chi connectivity index (χ0v) is 14.9. The molecule has 0 aliphatic rings. The van der Waals surface area contributed by atoms with Gasteiger partial charge in [-0.05, 0) is 30.3 Å². The molecule has 26 heavy (non-hydrogen) atoms. The van der Waals surface area contributed by atoms with Gasteiger partial charge in [-0.25, -0.2) is 0 Å². The second-order valence-corrected chi connectivity index (χ2v) is 6.96. The summed E-state index contributed by atoms with van der Waals surface area (Å²) in [5, 5.41) is 10.8. The molecule has 2 aromatic rings. The van der Waals surface area contributed by atoms with Crippen LogP contribution >= 0.6 is 19.6 Å². The fraction of sp³-hybridized carbons (Fsp3) is 0.200. The van der Waals surface area contributed by atoms with Crippen LogP contribution in [0.15, 0.2) is 36.4 Å². The van der Waals surface area contributed by atoms with Gasteiger partial charge in [-0.3, -0.25) is 14.7 Å². The number of nitro benzene ring substituents is 1. The van der Waals surface area contributed by atoms with Crippen LogP contribution in [-0.2, 0) is 21.4 Å². The molecule has 0 aromatic heterocycles. The van der Waals surface area contributed by atoms with Crippen molar-refractivity contribution in [2.75, 3.05) is 7.11 Å². The molecule has 0 radical (unpaired) electrons. The Bertz CT molecular complexity index is 860. The molecule has 2 aromatic carbocycles. The van der Waals surface area contributed by atoms with Gasteiger partial charge in [-0.1, -0.05) is 11.6 Å². The molecule has 0 saturated heterocycles. The van der Waals surface area contributed by atoms with Crippen LogP contribution in [0.25, 0.3) is 0 Å². The summed E-state index contributed by atoms with van der Waals surface area (Å²) in [4.78, 5) is 10.4. The van der Waals surface area contributed by atoms with E-state index >= 15 is 0 Å². The summed E-state index contributed by atoms with van der Waals surface area (Å²) in [6.45, 7) is 0. The predicted molar refractivity (Wildman–Crippen MR) is 89.3 cm³/mol. The number of halogens is 4. The van der Waals surface area contributed by atoms with E-state index in [-0.39, 0.29) is 33.9 Å². The minimum Gasteiger partial charge on any atom is -0.456 e. The minimum atomic E-state index is -4.55. The molecule has 0 saturated carbocycles. The van der Waals surface area contributed by atoms with Crippen molar-refractivity contribution in [2.24, 2.45) is 0 Å². The Hall–Kier alpha value is -2.09. The van der Waals surface area contributed by atoms with E-state index in [1.807, 2.05) is 0 Å². The lowest BCUT2D eigenvalue weighted by Crippen LogP contribution is -2.04. The van der Waals surface area contributed by atoms with Gasteiger partial charge in [0.2, 0.25) is 0 Å². The van der Waals surface area contributed by atoms with Crippen LogP contribution in [0.1, 0.15) is 11.1 Å². The number of nitro groups is 1. The molecule has 11 heteroatoms. The smallest absolute Gasteiger partial charge is 0.416 e. The lowest BCUT2D eigenvalue weighted by molar-refractivity contribution is -0.385. The van der Waals surface area contributed by atoms with Crippen LogP contribution in [0.5, 0.6) is 11.5 Å². The van der Waals surface area contributed by atoms with E-state index in [2.05, 4.69) is 4.52 Å². The highest BCUT2D eigenvalue weighted by atomic mass is 35.5. The van der Waals surface area contributed by atoms with Crippen molar-refractivity contribution in [3.8, 4) is 11.5 Å². The third-order valence-corrected chi connectivity index (χ3v) is 4.72. The minimum absolute atomic E-state index is 0.0566. The first-order chi connectivity index (χ1) is 12.1. The van der Waals surface area contributed by atoms with Gasteiger partial charge in [0, 0.05) is 18.7 Å². The Balaban J connectivity index is 2.33. The van der Waals surface area contributed by atoms with E-state index in [1.54, 1.807) is 0 Å². The van der Waals surface area contributed by atoms with Crippen LogP contribution in [0, 0.1) is 10.1 Å². The normalized spacial score (nSPS) is 12.7. The number of ether oxygens (including phenoxy) is 1. The second kappa shape index (κ2) is 8.07. The first-order valence-corrected chi connectivity index (χ1v) is 8.90. The fourth-order valence-corrected chi connectivity index (χ4v) is 3.02. The number of hydrogen-bond donors (Lipinski definition) is 0. The SMILES string of the molecule is CO[PH](=O)Cc1cc(Oc2ccc(C(F)(F)F)cc2Cl)ccc1[N+](=O)[O-]. The van der Waals surface area contributed by atoms with Gasteiger partial charge in [0.05, 0.1) is 21.7 Å². The van der Waals surface area contributed by atoms with Crippen molar-refractivity contribution < 1.29 is 31.9 Å². The highest BCUT2D eigenvalue weighted by molar-refractivity contribution is 7.38. The van der Waals surface area contributed by atoms with Crippen molar-refractivity contribution in [1.29, 1.82) is 0 Å². The van der Waals surface area contributed by atoms with Gasteiger partial charge in [0.25, 0.3) is 5.69 Å². The van der Waals surface area contributed by atoms with E-state index in [4.69, 9.17) is 16.3 Å². The summed E-state index contributed by atoms with van der Waals surface area (Å²) in [5.41, 5.74) is -1.09. The van der Waals surface area contributed by atoms with Crippen LogP contribution in [0.4, 0.5) is 18.9 Å². The maximum atomic E-state index is 12.7. The summed E-state index contributed by atoms with van der Waals surface area (Å²) in [6, 6.07) is 6.25. The van der Waals surface area contributed by atoms with Crippen molar-refractivity contribution >= 4 is 25.3 Å². The van der Waals surface area contributed by atoms with Crippen molar-refractivity contribution in [1.82, 2.24) is 0 Å². The lowest BCUT2D eigenvalue weighted by Gasteiger charge is -2.12. The quantitative estimate of drug-likeness (QED) is 0.348. The van der Waals surface area contributed by atoms with Gasteiger partial charge in [0.15, 0.2) is 8.03 Å². The molecule has 0 aliphatic carbocycles. The van der Waals surface area contributed by atoms with Crippen molar-refractivity contribution in [2.45, 2.75) is 12.3 Å². The summed E-state index contributed by atoms with van der Waals surface area (Å²) in [5.74, 6) is 0.0389. The Labute approximate surface area is 151 Å². The fourth-order valence-electron chi connectivity index (χ4n) is 2.06. The van der Waals surface area contributed by atoms with E-state index in [9.17, 15) is 27.9 Å². The van der Waals surface area contributed by atoms with E-state index < -0.39 is 24.7 Å². The third-order valence-electron chi connectivity index (χ3n) is 3.30. The first-order valence-electron chi connectivity index (χ1n) is 7.00. The van der Waals surface area contributed by atoms with Crippen LogP contribution in [-0.4, -0.2) is 12.0 Å². The lowest BCUT2D eigenvalue weighted by atomic mass is 10.2. The average molecular weight is 410 g/mol. The molecule has 1 unspecified atom stereocenters. The zero-order chi connectivity index (χ0) is 19.5. The summed E-state index contributed by atoms with van der Waals surface area (Å²) >= 11 is 5.82. The third kappa shape index (κ3) is 4.97. The largest absolute Gasteiger partial charge is 0.456 e. The molecule has 140 valence electrons. The highest BCUT2D eigenvalue weighted by Gasteiger charge is 2.31. The van der Waals surface area contributed by atoms with Gasteiger partial charge in [-0.2, -0.15) is 13.2 Å². The summed E-state index contributed by atoms with van der Waals surface area (Å²) in [7, 11) is -1.30. The molecule has 0 amide bonds. The summed E-state index contributed by atoms with van der Waals surface area (Å²) < 4.78 is 59.6. The standard InChI is InChI=1S/C15H12ClF3NO5P/c1-24-26(23)8-9-6-11(3-4-13(9)20(21)22)25-14-5-2-10(7-12(14)16)15(17,18)19/h2-7,26H,8H2,1H3. The van der Waals surface area contributed by atoms with Gasteiger partial charge >= 0.3 is 6.18 Å². The van der Waals surface area contributed by atoms with Crippen LogP contribution in [0.2, 0.25) is 5.02 Å². The van der Waals surface area contributed by atoms with Crippen LogP contribution < -0.4 is 4.74 Å². The molecule has 1 atom stereocenters. The van der Waals surface area contributed by atoms with Crippen LogP contribution in [0.3, 0.4) is 0 Å². The molecule has 0 bridgehead atoms. The Morgan fingerprint density at radius 3 is 2.46 bits per heavy atom. The Morgan fingerprint density at radius 2 is 1.92 bits per heavy atom. The molecule has 0 heterocycles. The number of hydrogen-bond acceptors (Lipinski definition) is 5. The Kier molecular flexibility index (Phi) is 6.28. The van der Waals surface area contributed by atoms with E-state index in [0.717, 1.165) is 18.2 Å². The van der Waals surface area contributed by atoms with E-state index in [0.29, 0.717) is 6.07 Å².